The minimum atomic E-state index is -3.81. The molecule has 0 radical (unpaired) electrons. The van der Waals surface area contributed by atoms with E-state index in [0.717, 1.165) is 0 Å². The Balaban J connectivity index is 1.43. The Kier molecular flexibility index (Phi) is 8.08. The molecule has 0 amide bonds. The highest BCUT2D eigenvalue weighted by molar-refractivity contribution is 7.92. The summed E-state index contributed by atoms with van der Waals surface area (Å²) >= 11 is 6.36. The number of fused-ring (bicyclic) bond motifs is 1. The van der Waals surface area contributed by atoms with E-state index in [4.69, 9.17) is 11.6 Å². The Labute approximate surface area is 226 Å². The van der Waals surface area contributed by atoms with E-state index >= 15 is 0 Å². The largest absolute Gasteiger partial charge is 0.478 e. The summed E-state index contributed by atoms with van der Waals surface area (Å²) in [6.07, 6.45) is 1.26. The Morgan fingerprint density at radius 2 is 1.76 bits per heavy atom. The van der Waals surface area contributed by atoms with Crippen molar-refractivity contribution in [3.63, 3.8) is 0 Å². The van der Waals surface area contributed by atoms with Gasteiger partial charge in [0.25, 0.3) is 10.0 Å². The molecule has 0 bridgehead atoms. The van der Waals surface area contributed by atoms with Crippen LogP contribution < -0.4 is 10.0 Å². The van der Waals surface area contributed by atoms with Gasteiger partial charge in [0.2, 0.25) is 0 Å². The number of carboxylic acid groups (broad SMARTS) is 1. The minimum Gasteiger partial charge on any atom is -0.478 e. The highest BCUT2D eigenvalue weighted by Crippen LogP contribution is 2.29. The van der Waals surface area contributed by atoms with E-state index in [9.17, 15) is 23.4 Å². The van der Waals surface area contributed by atoms with Gasteiger partial charge in [0.1, 0.15) is 0 Å². The number of benzene rings is 3. The number of para-hydroxylation sites is 1. The third kappa shape index (κ3) is 6.16. The van der Waals surface area contributed by atoms with Gasteiger partial charge in [-0.05, 0) is 50.6 Å². The zero-order valence-corrected chi connectivity index (χ0v) is 22.5. The molecular formula is C27H29ClN4O5S. The van der Waals surface area contributed by atoms with E-state index in [1.54, 1.807) is 54.9 Å². The number of rotatable bonds is 11. The third-order valence-electron chi connectivity index (χ3n) is 6.32. The predicted molar refractivity (Wildman–Crippen MR) is 147 cm³/mol. The Bertz CT molecular complexity index is 1550. The predicted octanol–water partition coefficient (Wildman–Crippen LogP) is 4.68. The van der Waals surface area contributed by atoms with E-state index in [1.165, 1.54) is 18.2 Å². The van der Waals surface area contributed by atoms with E-state index < -0.39 is 27.6 Å². The first kappa shape index (κ1) is 27.6. The van der Waals surface area contributed by atoms with Crippen LogP contribution in [-0.2, 0) is 16.6 Å². The molecule has 1 heterocycles. The molecule has 0 spiro atoms. The van der Waals surface area contributed by atoms with Gasteiger partial charge in [-0.3, -0.25) is 4.72 Å². The molecule has 0 fully saturated rings. The summed E-state index contributed by atoms with van der Waals surface area (Å²) in [5.41, 5.74) is 1.49. The van der Waals surface area contributed by atoms with Crippen LogP contribution in [0.5, 0.6) is 0 Å². The van der Waals surface area contributed by atoms with E-state index in [2.05, 4.69) is 15.0 Å². The topological polar surface area (TPSA) is 134 Å². The maximum atomic E-state index is 12.8. The molecule has 3 aromatic carbocycles. The third-order valence-corrected chi connectivity index (χ3v) is 8.08. The molecule has 4 aromatic rings. The highest BCUT2D eigenvalue weighted by Gasteiger charge is 2.23. The number of nitrogens with zero attached hydrogens (tertiary/aromatic N) is 2. The summed E-state index contributed by atoms with van der Waals surface area (Å²) in [6, 6.07) is 17.8. The summed E-state index contributed by atoms with van der Waals surface area (Å²) in [5.74, 6) is -1.10. The van der Waals surface area contributed by atoms with Crippen molar-refractivity contribution < 1.29 is 23.4 Å². The number of imidazole rings is 1. The molecule has 0 aliphatic rings. The standard InChI is InChI=1S/C27H29ClN4O5S/c1-27(2,14-15-32-17-29-22-13-12-20(26(34)35)24(28)25(22)32)30-16-23(33)19-10-6-7-11-21(19)31-38(36,37)18-8-4-3-5-9-18/h3-13,17,23,30-31,33H,14-16H2,1-2H3,(H,34,35). The van der Waals surface area contributed by atoms with Crippen molar-refractivity contribution in [2.75, 3.05) is 11.3 Å². The highest BCUT2D eigenvalue weighted by atomic mass is 35.5. The van der Waals surface area contributed by atoms with Crippen molar-refractivity contribution in [2.45, 2.75) is 43.4 Å². The zero-order valence-electron chi connectivity index (χ0n) is 20.9. The molecule has 0 saturated heterocycles. The number of aromatic carboxylic acids is 1. The summed E-state index contributed by atoms with van der Waals surface area (Å²) in [7, 11) is -3.81. The molecular weight excluding hydrogens is 528 g/mol. The maximum Gasteiger partial charge on any atom is 0.337 e. The molecule has 0 saturated carbocycles. The van der Waals surface area contributed by atoms with Crippen molar-refractivity contribution in [3.05, 3.63) is 89.2 Å². The van der Waals surface area contributed by atoms with E-state index in [1.807, 2.05) is 18.4 Å². The zero-order chi connectivity index (χ0) is 27.5. The second kappa shape index (κ2) is 11.1. The molecule has 1 aromatic heterocycles. The van der Waals surface area contributed by atoms with Crippen LogP contribution in [0.1, 0.15) is 42.3 Å². The van der Waals surface area contributed by atoms with Crippen LogP contribution in [0.2, 0.25) is 5.02 Å². The normalized spacial score (nSPS) is 12.9. The number of nitrogens with one attached hydrogen (secondary N) is 2. The van der Waals surface area contributed by atoms with Gasteiger partial charge in [0.05, 0.1) is 44.6 Å². The molecule has 4 N–H and O–H groups in total. The number of aryl methyl sites for hydroxylation is 1. The van der Waals surface area contributed by atoms with Gasteiger partial charge in [0.15, 0.2) is 0 Å². The molecule has 1 atom stereocenters. The number of hydrogen-bond donors (Lipinski definition) is 4. The Morgan fingerprint density at radius 3 is 2.47 bits per heavy atom. The van der Waals surface area contributed by atoms with Crippen LogP contribution in [0, 0.1) is 0 Å². The number of halogens is 1. The molecule has 1 unspecified atom stereocenters. The van der Waals surface area contributed by atoms with E-state index in [-0.39, 0.29) is 22.0 Å². The minimum absolute atomic E-state index is 0.0166. The first-order chi connectivity index (χ1) is 18.0. The van der Waals surface area contributed by atoms with Gasteiger partial charge in [-0.25, -0.2) is 18.2 Å². The SMILES string of the molecule is CC(C)(CCn1cnc2ccc(C(=O)O)c(Cl)c21)NCC(O)c1ccccc1NS(=O)(=O)c1ccccc1. The van der Waals surface area contributed by atoms with Crippen molar-refractivity contribution in [3.8, 4) is 0 Å². The van der Waals surface area contributed by atoms with Crippen LogP contribution in [-0.4, -0.2) is 46.2 Å². The molecule has 38 heavy (non-hydrogen) atoms. The van der Waals surface area contributed by atoms with Crippen molar-refractivity contribution in [2.24, 2.45) is 0 Å². The summed E-state index contributed by atoms with van der Waals surface area (Å²) < 4.78 is 30.0. The summed E-state index contributed by atoms with van der Waals surface area (Å²) in [4.78, 5) is 15.9. The van der Waals surface area contributed by atoms with Crippen LogP contribution in [0.3, 0.4) is 0 Å². The van der Waals surface area contributed by atoms with Crippen molar-refractivity contribution in [1.29, 1.82) is 0 Å². The second-order valence-electron chi connectivity index (χ2n) is 9.57. The van der Waals surface area contributed by atoms with Crippen LogP contribution in [0.4, 0.5) is 5.69 Å². The van der Waals surface area contributed by atoms with Crippen molar-refractivity contribution >= 4 is 44.3 Å². The number of aliphatic hydroxyl groups is 1. The number of aromatic nitrogens is 2. The first-order valence-electron chi connectivity index (χ1n) is 11.9. The van der Waals surface area contributed by atoms with Crippen LogP contribution in [0.15, 0.2) is 78.0 Å². The quantitative estimate of drug-likeness (QED) is 0.211. The number of β-amino-alcohol motifs (C(OH)–C–C–N with tert-alkyl or cyclic N) is 1. The smallest absolute Gasteiger partial charge is 0.337 e. The Hall–Kier alpha value is -3.44. The number of hydrogen-bond acceptors (Lipinski definition) is 6. The average Bonchev–Trinajstić information content (AvgIpc) is 3.31. The molecule has 200 valence electrons. The Morgan fingerprint density at radius 1 is 1.08 bits per heavy atom. The van der Waals surface area contributed by atoms with Crippen LogP contribution in [0.25, 0.3) is 11.0 Å². The monoisotopic (exact) mass is 556 g/mol. The lowest BCUT2D eigenvalue weighted by molar-refractivity contribution is 0.0697. The fourth-order valence-corrected chi connectivity index (χ4v) is 5.57. The fourth-order valence-electron chi connectivity index (χ4n) is 4.11. The van der Waals surface area contributed by atoms with Gasteiger partial charge in [0, 0.05) is 24.2 Å². The van der Waals surface area contributed by atoms with E-state index in [0.29, 0.717) is 35.2 Å². The van der Waals surface area contributed by atoms with Crippen molar-refractivity contribution in [1.82, 2.24) is 14.9 Å². The average molecular weight is 557 g/mol. The van der Waals surface area contributed by atoms with Gasteiger partial charge in [-0.15, -0.1) is 0 Å². The lowest BCUT2D eigenvalue weighted by Gasteiger charge is -2.29. The first-order valence-corrected chi connectivity index (χ1v) is 13.8. The summed E-state index contributed by atoms with van der Waals surface area (Å²) in [6.45, 7) is 4.63. The summed E-state index contributed by atoms with van der Waals surface area (Å²) in [5, 5.41) is 23.8. The number of sulfonamides is 1. The van der Waals surface area contributed by atoms with Gasteiger partial charge >= 0.3 is 5.97 Å². The molecule has 0 aliphatic carbocycles. The number of carboxylic acids is 1. The molecule has 0 aliphatic heterocycles. The fraction of sp³-hybridized carbons (Fsp3) is 0.259. The molecule has 4 rings (SSSR count). The van der Waals surface area contributed by atoms with Gasteiger partial charge in [-0.1, -0.05) is 48.0 Å². The number of anilines is 1. The lowest BCUT2D eigenvalue weighted by Crippen LogP contribution is -2.42. The molecule has 11 heteroatoms. The maximum absolute atomic E-state index is 12.8. The van der Waals surface area contributed by atoms with Crippen LogP contribution >= 0.6 is 11.6 Å². The van der Waals surface area contributed by atoms with Gasteiger partial charge in [-0.2, -0.15) is 0 Å². The molecule has 9 nitrogen and oxygen atoms in total. The second-order valence-corrected chi connectivity index (χ2v) is 11.6. The number of aliphatic hydroxyl groups excluding tert-OH is 1. The lowest BCUT2D eigenvalue weighted by atomic mass is 9.99. The van der Waals surface area contributed by atoms with Gasteiger partial charge < -0.3 is 20.1 Å². The number of carbonyl (C=O) groups is 1.